The molecule has 2 heterocycles. The zero-order valence-corrected chi connectivity index (χ0v) is 14.1. The van der Waals surface area contributed by atoms with Crippen LogP contribution >= 0.6 is 0 Å². The van der Waals surface area contributed by atoms with Crippen LogP contribution in [0.5, 0.6) is 0 Å². The highest BCUT2D eigenvalue weighted by molar-refractivity contribution is 5.12. The Bertz CT molecular complexity index is 482. The van der Waals surface area contributed by atoms with Gasteiger partial charge in [0.2, 0.25) is 0 Å². The summed E-state index contributed by atoms with van der Waals surface area (Å²) in [7, 11) is 0. The van der Waals surface area contributed by atoms with Gasteiger partial charge in [-0.15, -0.1) is 0 Å². The molecule has 0 amide bonds. The van der Waals surface area contributed by atoms with Crippen molar-refractivity contribution in [1.29, 1.82) is 0 Å². The van der Waals surface area contributed by atoms with Crippen molar-refractivity contribution in [2.24, 2.45) is 34.5 Å². The molecule has 22 heavy (non-hydrogen) atoms. The van der Waals surface area contributed by atoms with Crippen molar-refractivity contribution in [2.75, 3.05) is 6.54 Å². The molecule has 0 aromatic heterocycles. The molecule has 124 valence electrons. The smallest absolute Gasteiger partial charge is 0.108 e. The van der Waals surface area contributed by atoms with Gasteiger partial charge in [-0.25, -0.2) is 0 Å². The van der Waals surface area contributed by atoms with Gasteiger partial charge in [0.1, 0.15) is 6.23 Å². The van der Waals surface area contributed by atoms with E-state index in [4.69, 9.17) is 4.74 Å². The van der Waals surface area contributed by atoms with Crippen molar-refractivity contribution in [1.82, 2.24) is 5.32 Å². The van der Waals surface area contributed by atoms with Gasteiger partial charge >= 0.3 is 0 Å². The first kappa shape index (κ1) is 14.2. The third-order valence-corrected chi connectivity index (χ3v) is 8.76. The van der Waals surface area contributed by atoms with E-state index < -0.39 is 0 Å². The van der Waals surface area contributed by atoms with E-state index >= 15 is 0 Å². The zero-order valence-electron chi connectivity index (χ0n) is 14.1. The minimum absolute atomic E-state index is 0.0422. The van der Waals surface area contributed by atoms with Gasteiger partial charge in [-0.1, -0.05) is 13.8 Å². The van der Waals surface area contributed by atoms with Crippen molar-refractivity contribution in [2.45, 2.75) is 77.2 Å². The maximum absolute atomic E-state index is 10.3. The van der Waals surface area contributed by atoms with Crippen LogP contribution in [0.4, 0.5) is 0 Å². The topological polar surface area (TPSA) is 41.5 Å². The van der Waals surface area contributed by atoms with Crippen LogP contribution in [0.1, 0.15) is 58.8 Å². The average Bonchev–Trinajstić information content (AvgIpc) is 3.02. The summed E-state index contributed by atoms with van der Waals surface area (Å²) in [6.07, 6.45) is 9.52. The molecule has 0 spiro atoms. The molecular formula is C19H31NO2. The molecule has 3 aliphatic carbocycles. The van der Waals surface area contributed by atoms with Crippen LogP contribution in [0.3, 0.4) is 0 Å². The Labute approximate surface area is 134 Å². The number of rotatable bonds is 0. The molecule has 3 nitrogen and oxygen atoms in total. The fraction of sp³-hybridized carbons (Fsp3) is 1.00. The number of hydrogen-bond acceptors (Lipinski definition) is 3. The van der Waals surface area contributed by atoms with E-state index in [1.807, 2.05) is 0 Å². The lowest BCUT2D eigenvalue weighted by Gasteiger charge is -2.61. The van der Waals surface area contributed by atoms with E-state index in [1.165, 1.54) is 32.1 Å². The summed E-state index contributed by atoms with van der Waals surface area (Å²) in [6.45, 7) is 6.07. The molecule has 2 bridgehead atoms. The summed E-state index contributed by atoms with van der Waals surface area (Å²) in [5.41, 5.74) is 0.785. The largest absolute Gasteiger partial charge is 0.393 e. The van der Waals surface area contributed by atoms with Crippen LogP contribution in [-0.2, 0) is 4.74 Å². The first-order valence-corrected chi connectivity index (χ1v) is 9.57. The maximum Gasteiger partial charge on any atom is 0.108 e. The minimum atomic E-state index is -0.0422. The molecule has 2 N–H and O–H groups in total. The number of hydrogen-bond donors (Lipinski definition) is 2. The van der Waals surface area contributed by atoms with Crippen molar-refractivity contribution in [3.63, 3.8) is 0 Å². The van der Waals surface area contributed by atoms with Crippen LogP contribution < -0.4 is 5.32 Å². The molecule has 2 aliphatic heterocycles. The summed E-state index contributed by atoms with van der Waals surface area (Å²) >= 11 is 0. The van der Waals surface area contributed by atoms with Crippen LogP contribution in [0.25, 0.3) is 0 Å². The van der Waals surface area contributed by atoms with E-state index in [0.717, 1.165) is 43.1 Å². The van der Waals surface area contributed by atoms with Crippen LogP contribution in [-0.4, -0.2) is 30.1 Å². The van der Waals surface area contributed by atoms with E-state index in [1.54, 1.807) is 0 Å². The standard InChI is InChI=1S/C19H31NO2/c1-18-6-5-14-13(15(18)8-12(21)9-18)4-3-11-7-17-20-10-16(22-17)19(11,14)2/h11-17,20-21H,3-10H2,1-2H3/t11?,12?,13?,14?,15?,16?,17-,18?,19?/m0/s1. The van der Waals surface area contributed by atoms with Gasteiger partial charge in [0, 0.05) is 12.0 Å². The Hall–Kier alpha value is -0.120. The lowest BCUT2D eigenvalue weighted by Crippen LogP contribution is -2.58. The highest BCUT2D eigenvalue weighted by atomic mass is 16.5. The molecule has 5 rings (SSSR count). The predicted molar refractivity (Wildman–Crippen MR) is 85.2 cm³/mol. The van der Waals surface area contributed by atoms with Crippen LogP contribution in [0.2, 0.25) is 0 Å². The predicted octanol–water partition coefficient (Wildman–Crippen LogP) is 2.92. The molecule has 5 aliphatic rings. The average molecular weight is 305 g/mol. The molecule has 0 aromatic rings. The summed E-state index contributed by atoms with van der Waals surface area (Å²) in [4.78, 5) is 0. The maximum atomic E-state index is 10.3. The molecule has 2 saturated heterocycles. The number of ether oxygens (including phenoxy) is 1. The second kappa shape index (κ2) is 4.49. The zero-order chi connectivity index (χ0) is 15.1. The van der Waals surface area contributed by atoms with Gasteiger partial charge in [-0.05, 0) is 74.0 Å². The lowest BCUT2D eigenvalue weighted by molar-refractivity contribution is -0.190. The number of nitrogens with one attached hydrogen (secondary N) is 1. The molecule has 0 aromatic carbocycles. The fourth-order valence-electron chi connectivity index (χ4n) is 7.66. The normalized spacial score (nSPS) is 63.1. The summed E-state index contributed by atoms with van der Waals surface area (Å²) in [6, 6.07) is 0. The number of aliphatic hydroxyl groups is 1. The molecule has 3 heteroatoms. The van der Waals surface area contributed by atoms with Gasteiger partial charge < -0.3 is 9.84 Å². The van der Waals surface area contributed by atoms with Crippen molar-refractivity contribution in [3.05, 3.63) is 0 Å². The van der Waals surface area contributed by atoms with Gasteiger partial charge in [0.15, 0.2) is 0 Å². The Morgan fingerprint density at radius 3 is 2.82 bits per heavy atom. The Morgan fingerprint density at radius 1 is 1.09 bits per heavy atom. The van der Waals surface area contributed by atoms with Gasteiger partial charge in [-0.2, -0.15) is 0 Å². The number of fused-ring (bicyclic) bond motifs is 8. The fourth-order valence-corrected chi connectivity index (χ4v) is 7.66. The molecule has 3 saturated carbocycles. The molecule has 9 atom stereocenters. The summed E-state index contributed by atoms with van der Waals surface area (Å²) in [5.74, 6) is 3.26. The molecular weight excluding hydrogens is 274 g/mol. The first-order chi connectivity index (χ1) is 10.5. The van der Waals surface area contributed by atoms with Crippen molar-refractivity contribution >= 4 is 0 Å². The minimum Gasteiger partial charge on any atom is -0.393 e. The third-order valence-electron chi connectivity index (χ3n) is 8.76. The molecule has 0 radical (unpaired) electrons. The first-order valence-electron chi connectivity index (χ1n) is 9.57. The van der Waals surface area contributed by atoms with E-state index in [0.29, 0.717) is 23.2 Å². The Kier molecular flexibility index (Phi) is 2.91. The summed E-state index contributed by atoms with van der Waals surface area (Å²) < 4.78 is 6.32. The molecule has 5 fully saturated rings. The van der Waals surface area contributed by atoms with Crippen molar-refractivity contribution < 1.29 is 9.84 Å². The van der Waals surface area contributed by atoms with E-state index in [2.05, 4.69) is 19.2 Å². The Morgan fingerprint density at radius 2 is 1.95 bits per heavy atom. The Balaban J connectivity index is 1.50. The number of aliphatic hydroxyl groups excluding tert-OH is 1. The van der Waals surface area contributed by atoms with Gasteiger partial charge in [-0.3, -0.25) is 5.32 Å². The second-order valence-electron chi connectivity index (χ2n) is 9.56. The van der Waals surface area contributed by atoms with Gasteiger partial charge in [0.25, 0.3) is 0 Å². The van der Waals surface area contributed by atoms with E-state index in [-0.39, 0.29) is 6.10 Å². The van der Waals surface area contributed by atoms with Gasteiger partial charge in [0.05, 0.1) is 12.2 Å². The van der Waals surface area contributed by atoms with Crippen LogP contribution in [0, 0.1) is 34.5 Å². The summed E-state index contributed by atoms with van der Waals surface area (Å²) in [5, 5.41) is 13.9. The quantitative estimate of drug-likeness (QED) is 0.723. The van der Waals surface area contributed by atoms with Crippen LogP contribution in [0.15, 0.2) is 0 Å². The third kappa shape index (κ3) is 1.68. The van der Waals surface area contributed by atoms with Crippen molar-refractivity contribution in [3.8, 4) is 0 Å². The highest BCUT2D eigenvalue weighted by Crippen LogP contribution is 2.66. The lowest BCUT2D eigenvalue weighted by atomic mass is 9.46. The molecule has 8 unspecified atom stereocenters. The second-order valence-corrected chi connectivity index (χ2v) is 9.56. The van der Waals surface area contributed by atoms with E-state index in [9.17, 15) is 5.11 Å². The SMILES string of the molecule is CC12CCC3C(CCC4C[C@H]5NCC(O5)C43C)C1CC(O)C2. The monoisotopic (exact) mass is 305 g/mol. The highest BCUT2D eigenvalue weighted by Gasteiger charge is 2.63.